The van der Waals surface area contributed by atoms with Gasteiger partial charge in [0.25, 0.3) is 0 Å². The van der Waals surface area contributed by atoms with E-state index in [1.165, 1.54) is 0 Å². The third-order valence-electron chi connectivity index (χ3n) is 1.76. The van der Waals surface area contributed by atoms with Crippen LogP contribution in [0.1, 0.15) is 48.0 Å². The minimum absolute atomic E-state index is 0.0775. The van der Waals surface area contributed by atoms with Crippen molar-refractivity contribution in [3.05, 3.63) is 0 Å². The summed E-state index contributed by atoms with van der Waals surface area (Å²) in [6.45, 7) is 10.5. The average molecular weight is 275 g/mol. The largest absolute Gasteiger partial charge is 0.458 e. The highest BCUT2D eigenvalue weighted by Gasteiger charge is 2.23. The van der Waals surface area contributed by atoms with Gasteiger partial charge in [-0.25, -0.2) is 9.59 Å². The van der Waals surface area contributed by atoms with Crippen molar-refractivity contribution in [1.82, 2.24) is 5.32 Å². The van der Waals surface area contributed by atoms with Crippen LogP contribution in [-0.2, 0) is 14.3 Å². The molecule has 0 aliphatic carbocycles. The van der Waals surface area contributed by atoms with Gasteiger partial charge in [-0.2, -0.15) is 0 Å². The van der Waals surface area contributed by atoms with Crippen LogP contribution >= 0.6 is 0 Å². The Morgan fingerprint density at radius 3 is 1.95 bits per heavy atom. The number of carbonyl (C=O) groups is 2. The summed E-state index contributed by atoms with van der Waals surface area (Å²) in [5, 5.41) is 12.0. The number of carbonyl (C=O) groups excluding carboxylic acids is 2. The zero-order valence-corrected chi connectivity index (χ0v) is 12.6. The normalized spacial score (nSPS) is 13.6. The molecule has 0 aromatic carbocycles. The first kappa shape index (κ1) is 17.7. The molecule has 0 radical (unpaired) electrons. The Bertz CT molecular complexity index is 314. The first-order chi connectivity index (χ1) is 8.41. The van der Waals surface area contributed by atoms with E-state index < -0.39 is 29.4 Å². The second-order valence-corrected chi connectivity index (χ2v) is 6.27. The number of amides is 1. The van der Waals surface area contributed by atoms with E-state index in [0.29, 0.717) is 0 Å². The highest BCUT2D eigenvalue weighted by molar-refractivity contribution is 5.75. The Balaban J connectivity index is 3.95. The molecule has 6 heteroatoms. The fraction of sp³-hybridized carbons (Fsp3) is 0.846. The molecule has 6 nitrogen and oxygen atoms in total. The maximum absolute atomic E-state index is 11.4. The zero-order valence-electron chi connectivity index (χ0n) is 12.6. The molecular formula is C13H25NO5. The molecular weight excluding hydrogens is 250 g/mol. The molecule has 0 aromatic rings. The van der Waals surface area contributed by atoms with Gasteiger partial charge in [-0.05, 0) is 41.5 Å². The summed E-state index contributed by atoms with van der Waals surface area (Å²) in [6.07, 6.45) is -1.76. The van der Waals surface area contributed by atoms with Gasteiger partial charge in [-0.15, -0.1) is 0 Å². The number of aliphatic hydroxyl groups excluding tert-OH is 1. The third kappa shape index (κ3) is 10.3. The van der Waals surface area contributed by atoms with Crippen molar-refractivity contribution in [3.8, 4) is 0 Å². The number of nitrogens with one attached hydrogen (secondary N) is 1. The summed E-state index contributed by atoms with van der Waals surface area (Å²) in [7, 11) is 0. The lowest BCUT2D eigenvalue weighted by atomic mass is 10.2. The monoisotopic (exact) mass is 275 g/mol. The van der Waals surface area contributed by atoms with E-state index in [0.717, 1.165) is 0 Å². The summed E-state index contributed by atoms with van der Waals surface area (Å²) >= 11 is 0. The Kier molecular flexibility index (Phi) is 6.29. The summed E-state index contributed by atoms with van der Waals surface area (Å²) in [5.74, 6) is -0.696. The van der Waals surface area contributed by atoms with Gasteiger partial charge in [0.15, 0.2) is 6.10 Å². The van der Waals surface area contributed by atoms with E-state index in [-0.39, 0.29) is 13.0 Å². The highest BCUT2D eigenvalue weighted by atomic mass is 16.6. The SMILES string of the molecule is CC(C)(C)OC(=O)NCCC(O)C(=O)OC(C)(C)C. The molecule has 0 aliphatic heterocycles. The molecule has 0 saturated carbocycles. The first-order valence-corrected chi connectivity index (χ1v) is 6.28. The van der Waals surface area contributed by atoms with Crippen LogP contribution in [0.15, 0.2) is 0 Å². The molecule has 2 N–H and O–H groups in total. The fourth-order valence-electron chi connectivity index (χ4n) is 1.11. The van der Waals surface area contributed by atoms with Crippen LogP contribution in [-0.4, -0.2) is 41.0 Å². The van der Waals surface area contributed by atoms with Gasteiger partial charge in [-0.3, -0.25) is 0 Å². The Morgan fingerprint density at radius 2 is 1.53 bits per heavy atom. The Morgan fingerprint density at radius 1 is 1.05 bits per heavy atom. The van der Waals surface area contributed by atoms with E-state index in [1.54, 1.807) is 41.5 Å². The fourth-order valence-corrected chi connectivity index (χ4v) is 1.11. The van der Waals surface area contributed by atoms with E-state index in [9.17, 15) is 14.7 Å². The van der Waals surface area contributed by atoms with E-state index >= 15 is 0 Å². The van der Waals surface area contributed by atoms with Crippen molar-refractivity contribution >= 4 is 12.1 Å². The van der Waals surface area contributed by atoms with Crippen LogP contribution in [0.5, 0.6) is 0 Å². The van der Waals surface area contributed by atoms with Gasteiger partial charge in [0, 0.05) is 13.0 Å². The molecule has 1 unspecified atom stereocenters. The molecule has 0 aliphatic rings. The minimum atomic E-state index is -1.26. The van der Waals surface area contributed by atoms with Crippen LogP contribution in [0.3, 0.4) is 0 Å². The molecule has 0 rings (SSSR count). The summed E-state index contributed by atoms with van der Waals surface area (Å²) in [6, 6.07) is 0. The van der Waals surface area contributed by atoms with Crippen molar-refractivity contribution in [1.29, 1.82) is 0 Å². The number of esters is 1. The number of hydrogen-bond acceptors (Lipinski definition) is 5. The second-order valence-electron chi connectivity index (χ2n) is 6.27. The molecule has 19 heavy (non-hydrogen) atoms. The van der Waals surface area contributed by atoms with Crippen LogP contribution in [0.2, 0.25) is 0 Å². The predicted octanol–water partition coefficient (Wildman–Crippen LogP) is 1.60. The standard InChI is InChI=1S/C13H25NO5/c1-12(2,3)18-10(16)9(15)7-8-14-11(17)19-13(4,5)6/h9,15H,7-8H2,1-6H3,(H,14,17). The average Bonchev–Trinajstić information content (AvgIpc) is 2.11. The van der Waals surface area contributed by atoms with Crippen molar-refractivity contribution in [2.24, 2.45) is 0 Å². The maximum Gasteiger partial charge on any atom is 0.407 e. The summed E-state index contributed by atoms with van der Waals surface area (Å²) < 4.78 is 10.0. The van der Waals surface area contributed by atoms with E-state index in [2.05, 4.69) is 5.32 Å². The molecule has 0 aromatic heterocycles. The predicted molar refractivity (Wildman–Crippen MR) is 70.7 cm³/mol. The smallest absolute Gasteiger partial charge is 0.407 e. The highest BCUT2D eigenvalue weighted by Crippen LogP contribution is 2.09. The van der Waals surface area contributed by atoms with Crippen LogP contribution in [0.25, 0.3) is 0 Å². The topological polar surface area (TPSA) is 84.9 Å². The first-order valence-electron chi connectivity index (χ1n) is 6.28. The van der Waals surface area contributed by atoms with E-state index in [4.69, 9.17) is 9.47 Å². The van der Waals surface area contributed by atoms with Crippen molar-refractivity contribution < 1.29 is 24.2 Å². The zero-order chi connectivity index (χ0) is 15.3. The van der Waals surface area contributed by atoms with Gasteiger partial charge in [0.1, 0.15) is 11.2 Å². The number of rotatable bonds is 4. The third-order valence-corrected chi connectivity index (χ3v) is 1.76. The lowest BCUT2D eigenvalue weighted by Crippen LogP contribution is -2.37. The second kappa shape index (κ2) is 6.75. The molecule has 0 heterocycles. The van der Waals surface area contributed by atoms with Crippen molar-refractivity contribution in [2.75, 3.05) is 6.54 Å². The quantitative estimate of drug-likeness (QED) is 0.761. The minimum Gasteiger partial charge on any atom is -0.458 e. The number of hydrogen-bond donors (Lipinski definition) is 2. The maximum atomic E-state index is 11.4. The van der Waals surface area contributed by atoms with E-state index in [1.807, 2.05) is 0 Å². The Hall–Kier alpha value is -1.30. The molecule has 0 fully saturated rings. The summed E-state index contributed by atoms with van der Waals surface area (Å²) in [5.41, 5.74) is -1.22. The van der Waals surface area contributed by atoms with Gasteiger partial charge in [0.2, 0.25) is 0 Å². The van der Waals surface area contributed by atoms with Gasteiger partial charge < -0.3 is 19.9 Å². The van der Waals surface area contributed by atoms with Crippen LogP contribution < -0.4 is 5.32 Å². The van der Waals surface area contributed by atoms with Crippen LogP contribution in [0, 0.1) is 0 Å². The molecule has 0 spiro atoms. The molecule has 0 bridgehead atoms. The van der Waals surface area contributed by atoms with Crippen LogP contribution in [0.4, 0.5) is 4.79 Å². The molecule has 1 amide bonds. The lowest BCUT2D eigenvalue weighted by Gasteiger charge is -2.22. The lowest BCUT2D eigenvalue weighted by molar-refractivity contribution is -0.165. The van der Waals surface area contributed by atoms with Gasteiger partial charge in [-0.1, -0.05) is 0 Å². The molecule has 0 saturated heterocycles. The number of aliphatic hydroxyl groups is 1. The molecule has 1 atom stereocenters. The Labute approximate surface area is 114 Å². The van der Waals surface area contributed by atoms with Gasteiger partial charge >= 0.3 is 12.1 Å². The van der Waals surface area contributed by atoms with Crippen molar-refractivity contribution in [2.45, 2.75) is 65.3 Å². The number of ether oxygens (including phenoxy) is 2. The number of alkyl carbamates (subject to hydrolysis) is 1. The van der Waals surface area contributed by atoms with Gasteiger partial charge in [0.05, 0.1) is 0 Å². The molecule has 112 valence electrons. The summed E-state index contributed by atoms with van der Waals surface area (Å²) in [4.78, 5) is 22.8. The van der Waals surface area contributed by atoms with Crippen molar-refractivity contribution in [3.63, 3.8) is 0 Å².